The minimum absolute atomic E-state index is 0.321. The van der Waals surface area contributed by atoms with E-state index >= 15 is 0 Å². The second-order valence-corrected chi connectivity index (χ2v) is 9.02. The number of benzene rings is 2. The predicted molar refractivity (Wildman–Crippen MR) is 135 cm³/mol. The van der Waals surface area contributed by atoms with Crippen LogP contribution in [0.25, 0.3) is 0 Å². The number of aliphatic imine (C=N–C) groups is 1. The largest absolute Gasteiger partial charge is 0.458 e. The van der Waals surface area contributed by atoms with Crippen LogP contribution in [0, 0.1) is 0 Å². The predicted octanol–water partition coefficient (Wildman–Crippen LogP) is 7.09. The van der Waals surface area contributed by atoms with Crippen LogP contribution in [-0.2, 0) is 9.53 Å². The van der Waals surface area contributed by atoms with Crippen molar-refractivity contribution in [3.05, 3.63) is 107 Å². The van der Waals surface area contributed by atoms with Gasteiger partial charge in [-0.2, -0.15) is 0 Å². The summed E-state index contributed by atoms with van der Waals surface area (Å²) in [6, 6.07) is 19.3. The molecule has 0 unspecified atom stereocenters. The lowest BCUT2D eigenvalue weighted by Gasteiger charge is -2.23. The van der Waals surface area contributed by atoms with Gasteiger partial charge in [-0.05, 0) is 41.5 Å². The summed E-state index contributed by atoms with van der Waals surface area (Å²) in [6.45, 7) is 15.6. The molecule has 0 saturated carbocycles. The van der Waals surface area contributed by atoms with Crippen molar-refractivity contribution in [1.29, 1.82) is 0 Å². The molecule has 0 aliphatic carbocycles. The van der Waals surface area contributed by atoms with E-state index in [-0.39, 0.29) is 5.97 Å². The van der Waals surface area contributed by atoms with Crippen LogP contribution in [0.15, 0.2) is 101 Å². The maximum absolute atomic E-state index is 13.2. The molecule has 3 nitrogen and oxygen atoms in total. The quantitative estimate of drug-likeness (QED) is 0.255. The maximum Gasteiger partial charge on any atom is 0.331 e. The number of ether oxygens (including phenoxy) is 1. The number of nitrogens with zero attached hydrogens (tertiary/aromatic N) is 1. The van der Waals surface area contributed by atoms with Gasteiger partial charge < -0.3 is 4.74 Å². The molecule has 0 saturated heterocycles. The van der Waals surface area contributed by atoms with Crippen LogP contribution in [0.5, 0.6) is 0 Å². The summed E-state index contributed by atoms with van der Waals surface area (Å²) in [6.07, 6.45) is 4.38. The zero-order chi connectivity index (χ0) is 23.7. The van der Waals surface area contributed by atoms with Gasteiger partial charge in [0.05, 0.1) is 5.71 Å². The van der Waals surface area contributed by atoms with Gasteiger partial charge in [-0.1, -0.05) is 96.1 Å². The Kier molecular flexibility index (Phi) is 8.95. The highest BCUT2D eigenvalue weighted by Crippen LogP contribution is 2.21. The number of esters is 1. The molecule has 0 aliphatic rings. The fourth-order valence-corrected chi connectivity index (χ4v) is 3.19. The van der Waals surface area contributed by atoms with Crippen LogP contribution < -0.4 is 0 Å². The second-order valence-electron chi connectivity index (χ2n) is 9.02. The summed E-state index contributed by atoms with van der Waals surface area (Å²) >= 11 is 0. The van der Waals surface area contributed by atoms with Crippen molar-refractivity contribution in [3.63, 3.8) is 0 Å². The molecule has 0 aromatic heterocycles. The summed E-state index contributed by atoms with van der Waals surface area (Å²) in [5, 5.41) is 0. The molecule has 0 fully saturated rings. The monoisotopic (exact) mass is 429 g/mol. The smallest absolute Gasteiger partial charge is 0.331 e. The summed E-state index contributed by atoms with van der Waals surface area (Å²) in [4.78, 5) is 18.2. The van der Waals surface area contributed by atoms with Gasteiger partial charge >= 0.3 is 5.97 Å². The van der Waals surface area contributed by atoms with Crippen LogP contribution in [0.3, 0.4) is 0 Å². The van der Waals surface area contributed by atoms with E-state index in [2.05, 4.69) is 12.7 Å². The third-order valence-electron chi connectivity index (χ3n) is 5.00. The van der Waals surface area contributed by atoms with Gasteiger partial charge in [0.1, 0.15) is 5.60 Å². The van der Waals surface area contributed by atoms with Crippen molar-refractivity contribution >= 4 is 11.7 Å². The Morgan fingerprint density at radius 2 is 1.47 bits per heavy atom. The van der Waals surface area contributed by atoms with Crippen LogP contribution in [0.2, 0.25) is 0 Å². The fraction of sp³-hybridized carbons (Fsp3) is 0.310. The van der Waals surface area contributed by atoms with Crippen molar-refractivity contribution < 1.29 is 9.53 Å². The molecule has 1 atom stereocenters. The van der Waals surface area contributed by atoms with Gasteiger partial charge in [0.2, 0.25) is 0 Å². The molecule has 0 aliphatic heterocycles. The number of rotatable bonds is 8. The Hall–Kier alpha value is -3.20. The highest BCUT2D eigenvalue weighted by molar-refractivity contribution is 6.13. The maximum atomic E-state index is 13.2. The first-order chi connectivity index (χ1) is 15.1. The highest BCUT2D eigenvalue weighted by Gasteiger charge is 2.26. The van der Waals surface area contributed by atoms with E-state index in [1.54, 1.807) is 0 Å². The summed E-state index contributed by atoms with van der Waals surface area (Å²) in [7, 11) is 0. The summed E-state index contributed by atoms with van der Waals surface area (Å²) in [5.74, 6) is -0.321. The molecular formula is C29H35NO2. The van der Waals surface area contributed by atoms with E-state index in [1.807, 2.05) is 108 Å². The number of carbonyl (C=O) groups excluding carboxylic acids is 1. The fourth-order valence-electron chi connectivity index (χ4n) is 3.19. The number of hydrogen-bond donors (Lipinski definition) is 0. The van der Waals surface area contributed by atoms with Gasteiger partial charge in [-0.3, -0.25) is 4.99 Å². The molecule has 32 heavy (non-hydrogen) atoms. The molecule has 2 rings (SSSR count). The number of hydrogen-bond acceptors (Lipinski definition) is 3. The van der Waals surface area contributed by atoms with Crippen molar-refractivity contribution in [2.24, 2.45) is 4.99 Å². The highest BCUT2D eigenvalue weighted by atomic mass is 16.6. The topological polar surface area (TPSA) is 38.7 Å². The Balaban J connectivity index is 2.57. The first kappa shape index (κ1) is 25.1. The lowest BCUT2D eigenvalue weighted by atomic mass is 9.99. The number of allylic oxidation sites excluding steroid dienone is 4. The molecule has 0 N–H and O–H groups in total. The lowest BCUT2D eigenvalue weighted by Crippen LogP contribution is -2.32. The van der Waals surface area contributed by atoms with Gasteiger partial charge in [0.25, 0.3) is 0 Å². The Morgan fingerprint density at radius 1 is 0.969 bits per heavy atom. The molecule has 0 spiro atoms. The first-order valence-electron chi connectivity index (χ1n) is 11.0. The zero-order valence-electron chi connectivity index (χ0n) is 20.2. The first-order valence-corrected chi connectivity index (χ1v) is 11.0. The Labute approximate surface area is 193 Å². The molecule has 168 valence electrons. The van der Waals surface area contributed by atoms with Crippen LogP contribution in [-0.4, -0.2) is 23.3 Å². The molecular weight excluding hydrogens is 394 g/mol. The standard InChI is InChI=1S/C29H35NO2/c1-8-21(2)19-22(3)23(4)20-26(28(31)32-29(5,6)7)30-27(24-15-11-9-12-16-24)25-17-13-10-14-18-25/h8-19,26H,1,20H2,2-7H3/b21-19-,23-22-/t26-/m0/s1. The third kappa shape index (κ3) is 7.81. The zero-order valence-corrected chi connectivity index (χ0v) is 20.2. The molecule has 3 heteroatoms. The van der Waals surface area contributed by atoms with E-state index in [9.17, 15) is 4.79 Å². The van der Waals surface area contributed by atoms with Crippen LogP contribution in [0.1, 0.15) is 59.1 Å². The van der Waals surface area contributed by atoms with Gasteiger partial charge in [0, 0.05) is 17.5 Å². The molecule has 0 amide bonds. The molecule has 2 aromatic carbocycles. The summed E-state index contributed by atoms with van der Waals surface area (Å²) < 4.78 is 5.76. The second kappa shape index (κ2) is 11.4. The lowest BCUT2D eigenvalue weighted by molar-refractivity contribution is -0.156. The van der Waals surface area contributed by atoms with E-state index in [1.165, 1.54) is 0 Å². The van der Waals surface area contributed by atoms with Gasteiger partial charge in [0.15, 0.2) is 6.04 Å². The van der Waals surface area contributed by atoms with Crippen LogP contribution >= 0.6 is 0 Å². The molecule has 0 bridgehead atoms. The van der Waals surface area contributed by atoms with Crippen LogP contribution in [0.4, 0.5) is 0 Å². The average Bonchev–Trinajstić information content (AvgIpc) is 2.76. The minimum Gasteiger partial charge on any atom is -0.458 e. The summed E-state index contributed by atoms with van der Waals surface area (Å²) in [5.41, 5.74) is 5.40. The average molecular weight is 430 g/mol. The molecule has 0 radical (unpaired) electrons. The number of carbonyl (C=O) groups is 1. The minimum atomic E-state index is -0.656. The normalized spacial score (nSPS) is 13.6. The van der Waals surface area contributed by atoms with E-state index < -0.39 is 11.6 Å². The van der Waals surface area contributed by atoms with Crippen molar-refractivity contribution in [2.75, 3.05) is 0 Å². The van der Waals surface area contributed by atoms with Crippen molar-refractivity contribution in [2.45, 2.75) is 59.6 Å². The molecule has 2 aromatic rings. The Bertz CT molecular complexity index is 965. The van der Waals surface area contributed by atoms with E-state index in [4.69, 9.17) is 9.73 Å². The van der Waals surface area contributed by atoms with Gasteiger partial charge in [-0.15, -0.1) is 0 Å². The van der Waals surface area contributed by atoms with E-state index in [0.29, 0.717) is 6.42 Å². The molecule has 0 heterocycles. The van der Waals surface area contributed by atoms with Gasteiger partial charge in [-0.25, -0.2) is 4.79 Å². The van der Waals surface area contributed by atoms with Crippen molar-refractivity contribution in [1.82, 2.24) is 0 Å². The third-order valence-corrected chi connectivity index (χ3v) is 5.00. The van der Waals surface area contributed by atoms with E-state index in [0.717, 1.165) is 33.6 Å². The SMILES string of the molecule is C=C/C(C)=C\C(C)=C(\C)C[C@H](N=C(c1ccccc1)c1ccccc1)C(=O)OC(C)(C)C. The Morgan fingerprint density at radius 3 is 1.91 bits per heavy atom. The van der Waals surface area contributed by atoms with Crippen molar-refractivity contribution in [3.8, 4) is 0 Å².